The first-order chi connectivity index (χ1) is 10.3. The highest BCUT2D eigenvalue weighted by molar-refractivity contribution is 7.09. The first-order valence-corrected chi connectivity index (χ1v) is 8.43. The minimum Gasteiger partial charge on any atom is -0.444 e. The second kappa shape index (κ2) is 6.69. The van der Waals surface area contributed by atoms with Gasteiger partial charge in [0.05, 0.1) is 6.54 Å². The van der Waals surface area contributed by atoms with E-state index in [-0.39, 0.29) is 5.91 Å². The fourth-order valence-corrected chi connectivity index (χ4v) is 3.29. The van der Waals surface area contributed by atoms with Crippen LogP contribution >= 0.6 is 11.3 Å². The van der Waals surface area contributed by atoms with Crippen LogP contribution in [-0.2, 0) is 16.1 Å². The van der Waals surface area contributed by atoms with Gasteiger partial charge in [-0.1, -0.05) is 6.07 Å². The Morgan fingerprint density at radius 3 is 2.77 bits per heavy atom. The van der Waals surface area contributed by atoms with Crippen molar-refractivity contribution in [3.8, 4) is 0 Å². The number of amides is 2. The molecule has 0 N–H and O–H groups in total. The molecule has 0 radical (unpaired) electrons. The van der Waals surface area contributed by atoms with Gasteiger partial charge >= 0.3 is 6.09 Å². The number of likely N-dealkylation sites (tertiary alicyclic amines) is 1. The Kier molecular flexibility index (Phi) is 5.11. The number of carbonyl (C=O) groups excluding carboxylic acids is 2. The number of nitrogens with zero attached hydrogens (tertiary/aromatic N) is 2. The van der Waals surface area contributed by atoms with Crippen molar-refractivity contribution in [2.24, 2.45) is 0 Å². The van der Waals surface area contributed by atoms with Crippen LogP contribution < -0.4 is 0 Å². The fraction of sp³-hybridized carbons (Fsp3) is 0.625. The fourth-order valence-electron chi connectivity index (χ4n) is 2.53. The third-order valence-electron chi connectivity index (χ3n) is 3.52. The van der Waals surface area contributed by atoms with Crippen molar-refractivity contribution in [2.45, 2.75) is 51.8 Å². The Bertz CT molecular complexity index is 522. The number of hydrogen-bond acceptors (Lipinski definition) is 4. The Morgan fingerprint density at radius 2 is 2.18 bits per heavy atom. The minimum atomic E-state index is -0.545. The molecule has 1 unspecified atom stereocenters. The molecular weight excluding hydrogens is 300 g/mol. The molecule has 1 fully saturated rings. The van der Waals surface area contributed by atoms with Crippen molar-refractivity contribution in [1.29, 1.82) is 0 Å². The van der Waals surface area contributed by atoms with Crippen LogP contribution in [0.2, 0.25) is 0 Å². The number of thiophene rings is 1. The molecule has 0 saturated carbocycles. The molecule has 1 aliphatic rings. The van der Waals surface area contributed by atoms with E-state index in [1.54, 1.807) is 28.2 Å². The van der Waals surface area contributed by atoms with E-state index >= 15 is 0 Å². The number of likely N-dealkylation sites (N-methyl/N-ethyl adjacent to an activating group) is 1. The molecule has 0 bridgehead atoms. The average Bonchev–Trinajstić information content (AvgIpc) is 3.06. The minimum absolute atomic E-state index is 0.0169. The van der Waals surface area contributed by atoms with E-state index in [2.05, 4.69) is 0 Å². The molecule has 1 atom stereocenters. The third kappa shape index (κ3) is 4.22. The van der Waals surface area contributed by atoms with Gasteiger partial charge in [-0.2, -0.15) is 0 Å². The number of rotatable bonds is 3. The third-order valence-corrected chi connectivity index (χ3v) is 4.38. The molecule has 0 aliphatic carbocycles. The van der Waals surface area contributed by atoms with Crippen molar-refractivity contribution in [3.63, 3.8) is 0 Å². The van der Waals surface area contributed by atoms with Crippen LogP contribution in [0.4, 0.5) is 4.79 Å². The molecular formula is C16H24N2O3S. The lowest BCUT2D eigenvalue weighted by molar-refractivity contribution is -0.135. The number of hydrogen-bond donors (Lipinski definition) is 0. The lowest BCUT2D eigenvalue weighted by Crippen LogP contribution is -2.47. The zero-order chi connectivity index (χ0) is 16.3. The molecule has 1 aliphatic heterocycles. The second-order valence-electron chi connectivity index (χ2n) is 6.61. The van der Waals surface area contributed by atoms with Gasteiger partial charge in [-0.3, -0.25) is 9.69 Å². The number of ether oxygens (including phenoxy) is 1. The molecule has 2 rings (SSSR count). The van der Waals surface area contributed by atoms with Crippen molar-refractivity contribution < 1.29 is 14.3 Å². The van der Waals surface area contributed by atoms with Crippen molar-refractivity contribution in [2.75, 3.05) is 13.6 Å². The van der Waals surface area contributed by atoms with Gasteiger partial charge in [-0.05, 0) is 45.1 Å². The van der Waals surface area contributed by atoms with Crippen LogP contribution in [0.1, 0.15) is 38.5 Å². The van der Waals surface area contributed by atoms with Gasteiger partial charge < -0.3 is 9.64 Å². The van der Waals surface area contributed by atoms with E-state index in [0.29, 0.717) is 19.5 Å². The summed E-state index contributed by atoms with van der Waals surface area (Å²) >= 11 is 1.63. The Balaban J connectivity index is 2.00. The SMILES string of the molecule is CN(Cc1cccs1)C(=O)C1CCCN1C(=O)OC(C)(C)C. The van der Waals surface area contributed by atoms with Crippen molar-refractivity contribution in [1.82, 2.24) is 9.80 Å². The molecule has 122 valence electrons. The molecule has 5 nitrogen and oxygen atoms in total. The standard InChI is InChI=1S/C16H24N2O3S/c1-16(2,3)21-15(20)18-9-5-8-13(18)14(19)17(4)11-12-7-6-10-22-12/h6-7,10,13H,5,8-9,11H2,1-4H3. The van der Waals surface area contributed by atoms with Gasteiger partial charge in [0.15, 0.2) is 0 Å². The van der Waals surface area contributed by atoms with E-state index in [1.165, 1.54) is 0 Å². The highest BCUT2D eigenvalue weighted by atomic mass is 32.1. The molecule has 6 heteroatoms. The first kappa shape index (κ1) is 16.8. The second-order valence-corrected chi connectivity index (χ2v) is 7.64. The van der Waals surface area contributed by atoms with Gasteiger partial charge in [0, 0.05) is 18.5 Å². The summed E-state index contributed by atoms with van der Waals surface area (Å²) in [6.45, 7) is 6.66. The van der Waals surface area contributed by atoms with Gasteiger partial charge in [-0.15, -0.1) is 11.3 Å². The Labute approximate surface area is 135 Å². The van der Waals surface area contributed by atoms with E-state index in [9.17, 15) is 9.59 Å². The highest BCUT2D eigenvalue weighted by Gasteiger charge is 2.37. The predicted octanol–water partition coefficient (Wildman–Crippen LogP) is 3.11. The smallest absolute Gasteiger partial charge is 0.410 e. The van der Waals surface area contributed by atoms with Crippen LogP contribution in [-0.4, -0.2) is 47.0 Å². The van der Waals surface area contributed by atoms with Gasteiger partial charge in [-0.25, -0.2) is 4.79 Å². The molecule has 0 aromatic carbocycles. The summed E-state index contributed by atoms with van der Waals surface area (Å²) in [7, 11) is 1.79. The van der Waals surface area contributed by atoms with Crippen LogP contribution in [0.15, 0.2) is 17.5 Å². The van der Waals surface area contributed by atoms with E-state index in [0.717, 1.165) is 11.3 Å². The predicted molar refractivity (Wildman–Crippen MR) is 86.8 cm³/mol. The average molecular weight is 324 g/mol. The van der Waals surface area contributed by atoms with Crippen LogP contribution in [0.3, 0.4) is 0 Å². The summed E-state index contributed by atoms with van der Waals surface area (Å²) in [5, 5.41) is 2.00. The van der Waals surface area contributed by atoms with Crippen LogP contribution in [0.25, 0.3) is 0 Å². The van der Waals surface area contributed by atoms with E-state index in [4.69, 9.17) is 4.74 Å². The summed E-state index contributed by atoms with van der Waals surface area (Å²) in [5.74, 6) is -0.0169. The lowest BCUT2D eigenvalue weighted by atomic mass is 10.2. The largest absolute Gasteiger partial charge is 0.444 e. The number of carbonyl (C=O) groups is 2. The van der Waals surface area contributed by atoms with Crippen LogP contribution in [0, 0.1) is 0 Å². The first-order valence-electron chi connectivity index (χ1n) is 7.55. The molecule has 2 heterocycles. The maximum absolute atomic E-state index is 12.6. The summed E-state index contributed by atoms with van der Waals surface area (Å²) in [6, 6.07) is 3.58. The molecule has 2 amide bonds. The van der Waals surface area contributed by atoms with E-state index < -0.39 is 17.7 Å². The topological polar surface area (TPSA) is 49.9 Å². The molecule has 1 saturated heterocycles. The zero-order valence-electron chi connectivity index (χ0n) is 13.7. The van der Waals surface area contributed by atoms with Crippen molar-refractivity contribution in [3.05, 3.63) is 22.4 Å². The Hall–Kier alpha value is -1.56. The summed E-state index contributed by atoms with van der Waals surface area (Å²) in [6.07, 6.45) is 1.14. The monoisotopic (exact) mass is 324 g/mol. The van der Waals surface area contributed by atoms with Gasteiger partial charge in [0.25, 0.3) is 0 Å². The summed E-state index contributed by atoms with van der Waals surface area (Å²) in [4.78, 5) is 29.3. The normalized spacial score (nSPS) is 18.4. The maximum Gasteiger partial charge on any atom is 0.410 e. The quantitative estimate of drug-likeness (QED) is 0.858. The summed E-state index contributed by atoms with van der Waals surface area (Å²) < 4.78 is 5.41. The molecule has 1 aromatic heterocycles. The van der Waals surface area contributed by atoms with Crippen LogP contribution in [0.5, 0.6) is 0 Å². The zero-order valence-corrected chi connectivity index (χ0v) is 14.5. The molecule has 0 spiro atoms. The maximum atomic E-state index is 12.6. The summed E-state index contributed by atoms with van der Waals surface area (Å²) in [5.41, 5.74) is -0.545. The van der Waals surface area contributed by atoms with Gasteiger partial charge in [0.2, 0.25) is 5.91 Å². The molecule has 22 heavy (non-hydrogen) atoms. The molecule has 1 aromatic rings. The highest BCUT2D eigenvalue weighted by Crippen LogP contribution is 2.23. The Morgan fingerprint density at radius 1 is 1.45 bits per heavy atom. The van der Waals surface area contributed by atoms with Gasteiger partial charge in [0.1, 0.15) is 11.6 Å². The lowest BCUT2D eigenvalue weighted by Gasteiger charge is -2.30. The van der Waals surface area contributed by atoms with E-state index in [1.807, 2.05) is 38.3 Å². The van der Waals surface area contributed by atoms with Crippen molar-refractivity contribution >= 4 is 23.3 Å².